The van der Waals surface area contributed by atoms with Crippen molar-refractivity contribution >= 4 is 37.4 Å². The molecule has 2 aromatic heterocycles. The van der Waals surface area contributed by atoms with Crippen molar-refractivity contribution in [2.24, 2.45) is 0 Å². The molecule has 0 saturated carbocycles. The Morgan fingerprint density at radius 2 is 2.12 bits per heavy atom. The molecule has 1 aliphatic rings. The number of ether oxygens (including phenoxy) is 1. The normalized spacial score (nSPS) is 20.6. The van der Waals surface area contributed by atoms with Gasteiger partial charge >= 0.3 is 6.09 Å². The van der Waals surface area contributed by atoms with Crippen molar-refractivity contribution in [1.82, 2.24) is 19.3 Å². The minimum absolute atomic E-state index is 0.00521. The zero-order chi connectivity index (χ0) is 18.4. The first-order valence-corrected chi connectivity index (χ1v) is 10.3. The maximum atomic E-state index is 12.6. The van der Waals surface area contributed by atoms with Gasteiger partial charge in [-0.2, -0.15) is 0 Å². The second-order valence-corrected chi connectivity index (χ2v) is 9.89. The molecule has 136 valence electrons. The van der Waals surface area contributed by atoms with Crippen LogP contribution in [0.3, 0.4) is 0 Å². The van der Waals surface area contributed by atoms with Crippen LogP contribution < -0.4 is 0 Å². The number of fused-ring (bicyclic) bond motifs is 1. The third kappa shape index (κ3) is 3.64. The molecule has 0 radical (unpaired) electrons. The summed E-state index contributed by atoms with van der Waals surface area (Å²) in [6.45, 7) is 5.43. The van der Waals surface area contributed by atoms with Gasteiger partial charge in [-0.15, -0.1) is 0 Å². The fourth-order valence-corrected chi connectivity index (χ4v) is 4.87. The first-order chi connectivity index (χ1) is 11.6. The van der Waals surface area contributed by atoms with Crippen molar-refractivity contribution in [3.8, 4) is 0 Å². The molecule has 2 aromatic rings. The number of amides is 1. The first kappa shape index (κ1) is 18.1. The smallest absolute Gasteiger partial charge is 0.410 e. The first-order valence-electron chi connectivity index (χ1n) is 7.75. The summed E-state index contributed by atoms with van der Waals surface area (Å²) in [5.41, 5.74) is 0.332. The molecule has 0 N–H and O–H groups in total. The van der Waals surface area contributed by atoms with E-state index in [1.165, 1.54) is 4.90 Å². The summed E-state index contributed by atoms with van der Waals surface area (Å²) in [5, 5.41) is -0.917. The highest BCUT2D eigenvalue weighted by Gasteiger charge is 2.40. The fourth-order valence-electron chi connectivity index (χ4n) is 2.69. The molecule has 10 heteroatoms. The Balaban J connectivity index is 1.96. The molecule has 0 aromatic carbocycles. The Kier molecular flexibility index (Phi) is 4.52. The van der Waals surface area contributed by atoms with Gasteiger partial charge in [0.2, 0.25) is 0 Å². The number of hydrogen-bond donors (Lipinski definition) is 0. The lowest BCUT2D eigenvalue weighted by molar-refractivity contribution is 0.0253. The van der Waals surface area contributed by atoms with E-state index in [1.807, 2.05) is 0 Å². The van der Waals surface area contributed by atoms with Crippen LogP contribution in [0.2, 0.25) is 0 Å². The third-order valence-electron chi connectivity index (χ3n) is 3.85. The highest BCUT2D eigenvalue weighted by atomic mass is 79.9. The molecule has 1 saturated heterocycles. The summed E-state index contributed by atoms with van der Waals surface area (Å²) in [5.74, 6) is -0.131. The lowest BCUT2D eigenvalue weighted by Gasteiger charge is -2.33. The lowest BCUT2D eigenvalue weighted by Crippen LogP contribution is -2.47. The van der Waals surface area contributed by atoms with Gasteiger partial charge in [0, 0.05) is 25.5 Å². The number of hydrogen-bond acceptors (Lipinski definition) is 6. The van der Waals surface area contributed by atoms with E-state index in [4.69, 9.17) is 4.74 Å². The van der Waals surface area contributed by atoms with E-state index < -0.39 is 26.8 Å². The summed E-state index contributed by atoms with van der Waals surface area (Å²) >= 11 is 3.33. The van der Waals surface area contributed by atoms with Crippen LogP contribution in [0.1, 0.15) is 31.7 Å². The minimum Gasteiger partial charge on any atom is -0.444 e. The van der Waals surface area contributed by atoms with E-state index in [0.717, 1.165) is 0 Å². The number of rotatable bonds is 1. The molecule has 1 amide bonds. The Labute approximate surface area is 154 Å². The Morgan fingerprint density at radius 3 is 2.80 bits per heavy atom. The predicted octanol–water partition coefficient (Wildman–Crippen LogP) is 2.20. The van der Waals surface area contributed by atoms with Gasteiger partial charge in [0.25, 0.3) is 0 Å². The van der Waals surface area contributed by atoms with Gasteiger partial charge in [-0.05, 0) is 36.7 Å². The number of imidazole rings is 1. The van der Waals surface area contributed by atoms with Crippen LogP contribution in [0.15, 0.2) is 23.3 Å². The van der Waals surface area contributed by atoms with E-state index in [0.29, 0.717) is 15.9 Å². The second-order valence-electron chi connectivity index (χ2n) is 6.88. The number of carbonyl (C=O) groups excluding carboxylic acids is 1. The highest BCUT2D eigenvalue weighted by molar-refractivity contribution is 9.10. The van der Waals surface area contributed by atoms with Gasteiger partial charge < -0.3 is 9.64 Å². The third-order valence-corrected chi connectivity index (χ3v) is 6.40. The van der Waals surface area contributed by atoms with Gasteiger partial charge in [-0.1, -0.05) is 0 Å². The van der Waals surface area contributed by atoms with Gasteiger partial charge in [-0.25, -0.2) is 18.2 Å². The maximum Gasteiger partial charge on any atom is 0.410 e. The van der Waals surface area contributed by atoms with Gasteiger partial charge in [0.15, 0.2) is 14.6 Å². The maximum absolute atomic E-state index is 12.6. The van der Waals surface area contributed by atoms with E-state index >= 15 is 0 Å². The largest absolute Gasteiger partial charge is 0.444 e. The summed E-state index contributed by atoms with van der Waals surface area (Å²) in [6.07, 6.45) is 4.32. The topological polar surface area (TPSA) is 93.9 Å². The zero-order valence-corrected chi connectivity index (χ0v) is 16.5. The number of nitrogens with zero attached hydrogens (tertiary/aromatic N) is 4. The van der Waals surface area contributed by atoms with Crippen molar-refractivity contribution in [2.75, 3.05) is 18.8 Å². The standard InChI is InChI=1S/C15H19BrN4O4S/c1-15(2,3)24-14(21)19-6-7-25(22,23)11(9-19)12-10-8-17-4-5-20(10)13(16)18-12/h4-5,8,11H,6-7,9H2,1-3H3. The highest BCUT2D eigenvalue weighted by Crippen LogP contribution is 2.32. The molecule has 1 unspecified atom stereocenters. The van der Waals surface area contributed by atoms with Crippen molar-refractivity contribution in [1.29, 1.82) is 0 Å². The number of carbonyl (C=O) groups is 1. The Morgan fingerprint density at radius 1 is 1.40 bits per heavy atom. The van der Waals surface area contributed by atoms with Gasteiger partial charge in [0.1, 0.15) is 10.9 Å². The molecule has 8 nitrogen and oxygen atoms in total. The lowest BCUT2D eigenvalue weighted by atomic mass is 10.2. The second kappa shape index (κ2) is 6.24. The quantitative estimate of drug-likeness (QED) is 0.687. The molecular weight excluding hydrogens is 412 g/mol. The fraction of sp³-hybridized carbons (Fsp3) is 0.533. The van der Waals surface area contributed by atoms with Crippen LogP contribution in [-0.4, -0.2) is 58.2 Å². The van der Waals surface area contributed by atoms with Crippen LogP contribution in [0.5, 0.6) is 0 Å². The molecule has 0 bridgehead atoms. The molecule has 0 aliphatic carbocycles. The molecule has 1 aliphatic heterocycles. The van der Waals surface area contributed by atoms with Crippen LogP contribution in [0, 0.1) is 0 Å². The van der Waals surface area contributed by atoms with Crippen LogP contribution in [-0.2, 0) is 14.6 Å². The van der Waals surface area contributed by atoms with Crippen molar-refractivity contribution in [3.05, 3.63) is 29.0 Å². The molecule has 3 rings (SSSR count). The number of aromatic nitrogens is 3. The molecule has 1 fully saturated rings. The molecular formula is C15H19BrN4O4S. The monoisotopic (exact) mass is 430 g/mol. The average Bonchev–Trinajstić information content (AvgIpc) is 2.82. The van der Waals surface area contributed by atoms with E-state index in [1.54, 1.807) is 43.8 Å². The summed E-state index contributed by atoms with van der Waals surface area (Å²) in [7, 11) is -3.44. The molecule has 0 spiro atoms. The average molecular weight is 431 g/mol. The molecule has 3 heterocycles. The molecule has 25 heavy (non-hydrogen) atoms. The van der Waals surface area contributed by atoms with Gasteiger partial charge in [-0.3, -0.25) is 9.38 Å². The van der Waals surface area contributed by atoms with E-state index in [-0.39, 0.29) is 18.8 Å². The minimum atomic E-state index is -3.44. The Bertz CT molecular complexity index is 919. The Hall–Kier alpha value is -1.68. The summed E-state index contributed by atoms with van der Waals surface area (Å²) in [4.78, 5) is 22.2. The molecule has 1 atom stereocenters. The van der Waals surface area contributed by atoms with Crippen molar-refractivity contribution < 1.29 is 17.9 Å². The van der Waals surface area contributed by atoms with Crippen LogP contribution >= 0.6 is 15.9 Å². The predicted molar refractivity (Wildman–Crippen MR) is 95.0 cm³/mol. The van der Waals surface area contributed by atoms with E-state index in [2.05, 4.69) is 25.9 Å². The summed E-state index contributed by atoms with van der Waals surface area (Å²) < 4.78 is 32.8. The number of sulfone groups is 1. The zero-order valence-electron chi connectivity index (χ0n) is 14.1. The van der Waals surface area contributed by atoms with Crippen LogP contribution in [0.25, 0.3) is 5.52 Å². The van der Waals surface area contributed by atoms with Gasteiger partial charge in [0.05, 0.1) is 23.2 Å². The van der Waals surface area contributed by atoms with Crippen molar-refractivity contribution in [3.63, 3.8) is 0 Å². The number of halogens is 1. The SMILES string of the molecule is CC(C)(C)OC(=O)N1CCS(=O)(=O)C(c2nc(Br)n3ccncc23)C1. The van der Waals surface area contributed by atoms with Crippen molar-refractivity contribution in [2.45, 2.75) is 31.6 Å². The van der Waals surface area contributed by atoms with Crippen LogP contribution in [0.4, 0.5) is 4.79 Å². The summed E-state index contributed by atoms with van der Waals surface area (Å²) in [6, 6.07) is 0. The van der Waals surface area contributed by atoms with E-state index in [9.17, 15) is 13.2 Å².